The summed E-state index contributed by atoms with van der Waals surface area (Å²) in [4.78, 5) is 17.7. The monoisotopic (exact) mass is 304 g/mol. The van der Waals surface area contributed by atoms with Crippen LogP contribution in [0.4, 0.5) is 0 Å². The smallest absolute Gasteiger partial charge is 0.195 e. The summed E-state index contributed by atoms with van der Waals surface area (Å²) in [5, 5.41) is 0. The van der Waals surface area contributed by atoms with Crippen molar-refractivity contribution in [3.8, 4) is 11.6 Å². The maximum atomic E-state index is 4.77. The minimum Gasteiger partial charge on any atom is -0.327 e. The van der Waals surface area contributed by atoms with Gasteiger partial charge in [0.25, 0.3) is 0 Å². The lowest BCUT2D eigenvalue weighted by Crippen LogP contribution is -2.09. The van der Waals surface area contributed by atoms with Crippen molar-refractivity contribution in [2.75, 3.05) is 0 Å². The van der Waals surface area contributed by atoms with Gasteiger partial charge in [-0.05, 0) is 25.1 Å². The molecule has 0 aliphatic heterocycles. The zero-order valence-electron chi connectivity index (χ0n) is 12.8. The second-order valence-electron chi connectivity index (χ2n) is 5.21. The molecule has 4 aromatic rings. The van der Waals surface area contributed by atoms with Gasteiger partial charge in [-0.15, -0.1) is 0 Å². The third-order valence-electron chi connectivity index (χ3n) is 3.84. The molecule has 6 heteroatoms. The molecule has 0 saturated carbocycles. The van der Waals surface area contributed by atoms with E-state index in [2.05, 4.69) is 32.5 Å². The number of fused-ring (bicyclic) bond motifs is 1. The lowest BCUT2D eigenvalue weighted by Gasteiger charge is -2.09. The number of hydrogen-bond donors (Lipinski definition) is 0. The van der Waals surface area contributed by atoms with Gasteiger partial charge in [0.05, 0.1) is 17.6 Å². The molecule has 0 saturated heterocycles. The van der Waals surface area contributed by atoms with Crippen molar-refractivity contribution in [3.63, 3.8) is 0 Å². The van der Waals surface area contributed by atoms with E-state index in [4.69, 9.17) is 4.98 Å². The van der Waals surface area contributed by atoms with Crippen molar-refractivity contribution in [1.29, 1.82) is 0 Å². The molecule has 0 radical (unpaired) electrons. The number of benzene rings is 1. The molecule has 3 aromatic heterocycles. The fraction of sp³-hybridized carbons (Fsp3) is 0.176. The van der Waals surface area contributed by atoms with E-state index in [1.807, 2.05) is 29.0 Å². The second-order valence-corrected chi connectivity index (χ2v) is 5.21. The minimum atomic E-state index is 0.622. The molecule has 0 unspecified atom stereocenters. The lowest BCUT2D eigenvalue weighted by atomic mass is 10.3. The highest BCUT2D eigenvalue weighted by Gasteiger charge is 2.13. The van der Waals surface area contributed by atoms with Crippen LogP contribution < -0.4 is 0 Å². The van der Waals surface area contributed by atoms with E-state index in [1.165, 1.54) is 0 Å². The summed E-state index contributed by atoms with van der Waals surface area (Å²) < 4.78 is 4.26. The minimum absolute atomic E-state index is 0.622. The molecule has 0 amide bonds. The largest absolute Gasteiger partial charge is 0.327 e. The number of aromatic nitrogens is 6. The average molecular weight is 304 g/mol. The van der Waals surface area contributed by atoms with Crippen molar-refractivity contribution in [1.82, 2.24) is 29.1 Å². The van der Waals surface area contributed by atoms with Crippen LogP contribution in [0.3, 0.4) is 0 Å². The highest BCUT2D eigenvalue weighted by Crippen LogP contribution is 2.19. The Morgan fingerprint density at radius 3 is 2.61 bits per heavy atom. The van der Waals surface area contributed by atoms with Crippen LogP contribution >= 0.6 is 0 Å². The fourth-order valence-electron chi connectivity index (χ4n) is 2.81. The molecule has 0 atom stereocenters. The van der Waals surface area contributed by atoms with Gasteiger partial charge < -0.3 is 9.13 Å². The first-order valence-electron chi connectivity index (χ1n) is 7.59. The van der Waals surface area contributed by atoms with E-state index < -0.39 is 0 Å². The van der Waals surface area contributed by atoms with Crippen LogP contribution in [0.1, 0.15) is 12.7 Å². The first-order chi connectivity index (χ1) is 11.4. The molecule has 0 spiro atoms. The van der Waals surface area contributed by atoms with Gasteiger partial charge in [0.2, 0.25) is 0 Å². The Kier molecular flexibility index (Phi) is 3.34. The van der Waals surface area contributed by atoms with Gasteiger partial charge >= 0.3 is 0 Å². The van der Waals surface area contributed by atoms with Gasteiger partial charge in [-0.25, -0.2) is 19.9 Å². The first-order valence-corrected chi connectivity index (χ1v) is 7.59. The maximum Gasteiger partial charge on any atom is 0.195 e. The van der Waals surface area contributed by atoms with Gasteiger partial charge in [-0.2, -0.15) is 0 Å². The van der Waals surface area contributed by atoms with Crippen LogP contribution in [0, 0.1) is 0 Å². The van der Waals surface area contributed by atoms with E-state index >= 15 is 0 Å². The third kappa shape index (κ3) is 2.38. The summed E-state index contributed by atoms with van der Waals surface area (Å²) in [6.07, 6.45) is 7.15. The molecule has 0 aliphatic rings. The van der Waals surface area contributed by atoms with Crippen molar-refractivity contribution < 1.29 is 0 Å². The van der Waals surface area contributed by atoms with E-state index in [1.54, 1.807) is 24.7 Å². The predicted molar refractivity (Wildman–Crippen MR) is 87.8 cm³/mol. The van der Waals surface area contributed by atoms with Crippen LogP contribution in [0.2, 0.25) is 0 Å². The maximum absolute atomic E-state index is 4.77. The average Bonchev–Trinajstić information content (AvgIpc) is 3.19. The Bertz CT molecular complexity index is 938. The zero-order valence-corrected chi connectivity index (χ0v) is 12.8. The second kappa shape index (κ2) is 5.64. The summed E-state index contributed by atoms with van der Waals surface area (Å²) in [5.41, 5.74) is 2.17. The van der Waals surface area contributed by atoms with E-state index in [0.717, 1.165) is 29.2 Å². The summed E-state index contributed by atoms with van der Waals surface area (Å²) >= 11 is 0. The molecule has 1 aromatic carbocycles. The molecule has 0 N–H and O–H groups in total. The SMILES string of the molecule is CCn1c(Cn2ccnc2-c2ncccn2)nc2ccccc21. The number of para-hydroxylation sites is 2. The molecule has 0 fully saturated rings. The number of rotatable bonds is 4. The van der Waals surface area contributed by atoms with Crippen LogP contribution in [0.5, 0.6) is 0 Å². The molecule has 6 nitrogen and oxygen atoms in total. The zero-order chi connectivity index (χ0) is 15.6. The van der Waals surface area contributed by atoms with Gasteiger partial charge in [0.15, 0.2) is 11.6 Å². The molecule has 4 rings (SSSR count). The number of imidazole rings is 2. The Morgan fingerprint density at radius 1 is 0.957 bits per heavy atom. The summed E-state index contributed by atoms with van der Waals surface area (Å²) in [6, 6.07) is 10.00. The van der Waals surface area contributed by atoms with Crippen LogP contribution in [0.15, 0.2) is 55.1 Å². The first kappa shape index (κ1) is 13.6. The Labute approximate surface area is 133 Å². The molecule has 0 aliphatic carbocycles. The van der Waals surface area contributed by atoms with E-state index in [0.29, 0.717) is 12.4 Å². The van der Waals surface area contributed by atoms with E-state index in [9.17, 15) is 0 Å². The van der Waals surface area contributed by atoms with Crippen molar-refractivity contribution in [2.24, 2.45) is 0 Å². The normalized spacial score (nSPS) is 11.2. The number of hydrogen-bond acceptors (Lipinski definition) is 4. The lowest BCUT2D eigenvalue weighted by molar-refractivity contribution is 0.665. The highest BCUT2D eigenvalue weighted by atomic mass is 15.2. The molecule has 23 heavy (non-hydrogen) atoms. The van der Waals surface area contributed by atoms with Gasteiger partial charge in [0, 0.05) is 31.3 Å². The molecular weight excluding hydrogens is 288 g/mol. The van der Waals surface area contributed by atoms with Crippen LogP contribution in [-0.2, 0) is 13.1 Å². The molecule has 114 valence electrons. The quantitative estimate of drug-likeness (QED) is 0.581. The number of aryl methyl sites for hydroxylation is 1. The Hall–Kier alpha value is -3.02. The molecular formula is C17H16N6. The predicted octanol–water partition coefficient (Wildman–Crippen LogP) is 2.76. The Morgan fingerprint density at radius 2 is 1.78 bits per heavy atom. The fourth-order valence-corrected chi connectivity index (χ4v) is 2.81. The topological polar surface area (TPSA) is 61.4 Å². The highest BCUT2D eigenvalue weighted by molar-refractivity contribution is 5.75. The standard InChI is InChI=1S/C17H16N6/c1-2-23-14-7-4-3-6-13(14)21-15(23)12-22-11-10-20-17(22)16-18-8-5-9-19-16/h3-11H,2,12H2,1H3. The van der Waals surface area contributed by atoms with Crippen molar-refractivity contribution in [3.05, 3.63) is 60.9 Å². The Balaban J connectivity index is 1.76. The van der Waals surface area contributed by atoms with Crippen molar-refractivity contribution >= 4 is 11.0 Å². The summed E-state index contributed by atoms with van der Waals surface area (Å²) in [5.74, 6) is 2.38. The van der Waals surface area contributed by atoms with Crippen molar-refractivity contribution in [2.45, 2.75) is 20.0 Å². The number of nitrogens with zero attached hydrogens (tertiary/aromatic N) is 6. The summed E-state index contributed by atoms with van der Waals surface area (Å²) in [6.45, 7) is 3.64. The van der Waals surface area contributed by atoms with Crippen LogP contribution in [0.25, 0.3) is 22.7 Å². The molecule has 0 bridgehead atoms. The van der Waals surface area contributed by atoms with Gasteiger partial charge in [0.1, 0.15) is 5.82 Å². The third-order valence-corrected chi connectivity index (χ3v) is 3.84. The van der Waals surface area contributed by atoms with Crippen LogP contribution in [-0.4, -0.2) is 29.1 Å². The van der Waals surface area contributed by atoms with E-state index in [-0.39, 0.29) is 0 Å². The van der Waals surface area contributed by atoms with Gasteiger partial charge in [-0.1, -0.05) is 12.1 Å². The van der Waals surface area contributed by atoms with Gasteiger partial charge in [-0.3, -0.25) is 0 Å². The molecule has 3 heterocycles. The summed E-state index contributed by atoms with van der Waals surface area (Å²) in [7, 11) is 0.